The van der Waals surface area contributed by atoms with Crippen LogP contribution in [-0.4, -0.2) is 46.6 Å². The second kappa shape index (κ2) is 6.29. The van der Waals surface area contributed by atoms with Crippen molar-refractivity contribution in [3.8, 4) is 0 Å². The summed E-state index contributed by atoms with van der Waals surface area (Å²) < 4.78 is 0.605. The smallest absolute Gasteiger partial charge is 0.253 e. The zero-order valence-electron chi connectivity index (χ0n) is 9.98. The van der Waals surface area contributed by atoms with Gasteiger partial charge in [0.15, 0.2) is 0 Å². The molecule has 0 spiro atoms. The Morgan fingerprint density at radius 2 is 1.83 bits per heavy atom. The van der Waals surface area contributed by atoms with Crippen LogP contribution in [0.3, 0.4) is 0 Å². The van der Waals surface area contributed by atoms with E-state index in [1.54, 1.807) is 12.1 Å². The molecular weight excluding hydrogens is 302 g/mol. The van der Waals surface area contributed by atoms with E-state index in [9.17, 15) is 4.79 Å². The number of aliphatic hydroxyl groups is 3. The molecule has 1 aromatic rings. The third-order valence-corrected chi connectivity index (χ3v) is 3.34. The molecule has 1 amide bonds. The van der Waals surface area contributed by atoms with E-state index in [2.05, 4.69) is 21.2 Å². The van der Waals surface area contributed by atoms with Gasteiger partial charge in [-0.05, 0) is 35.0 Å². The van der Waals surface area contributed by atoms with Gasteiger partial charge in [0.05, 0.1) is 25.4 Å². The minimum absolute atomic E-state index is 0.384. The van der Waals surface area contributed by atoms with E-state index in [1.165, 1.54) is 0 Å². The molecule has 0 heterocycles. The van der Waals surface area contributed by atoms with Gasteiger partial charge in [0, 0.05) is 4.47 Å². The number of amides is 1. The molecule has 0 unspecified atom stereocenters. The van der Waals surface area contributed by atoms with Crippen LogP contribution in [0.1, 0.15) is 15.9 Å². The molecule has 0 atom stereocenters. The molecule has 0 saturated carbocycles. The lowest BCUT2D eigenvalue weighted by molar-refractivity contribution is 0.0375. The number of halogens is 1. The standard InChI is InChI=1S/C12H16BrNO4/c1-8-2-3-10(13)9(4-8)11(18)14-12(5-15,6-16)7-17/h2-4,15-17H,5-7H2,1H3,(H,14,18). The molecule has 5 nitrogen and oxygen atoms in total. The fraction of sp³-hybridized carbons (Fsp3) is 0.417. The van der Waals surface area contributed by atoms with Crippen LogP contribution in [0.25, 0.3) is 0 Å². The lowest BCUT2D eigenvalue weighted by Crippen LogP contribution is -2.57. The van der Waals surface area contributed by atoms with Crippen LogP contribution in [-0.2, 0) is 0 Å². The molecule has 1 rings (SSSR count). The van der Waals surface area contributed by atoms with E-state index in [4.69, 9.17) is 15.3 Å². The van der Waals surface area contributed by atoms with Crippen molar-refractivity contribution in [2.24, 2.45) is 0 Å². The van der Waals surface area contributed by atoms with E-state index in [1.807, 2.05) is 13.0 Å². The van der Waals surface area contributed by atoms with Crippen molar-refractivity contribution in [1.82, 2.24) is 5.32 Å². The van der Waals surface area contributed by atoms with Crippen LogP contribution >= 0.6 is 15.9 Å². The lowest BCUT2D eigenvalue weighted by atomic mass is 10.0. The quantitative estimate of drug-likeness (QED) is 0.624. The molecule has 0 aliphatic carbocycles. The van der Waals surface area contributed by atoms with E-state index >= 15 is 0 Å². The summed E-state index contributed by atoms with van der Waals surface area (Å²) in [6.07, 6.45) is 0. The first-order valence-corrected chi connectivity index (χ1v) is 6.18. The molecule has 4 N–H and O–H groups in total. The first kappa shape index (κ1) is 15.1. The lowest BCUT2D eigenvalue weighted by Gasteiger charge is -2.28. The van der Waals surface area contributed by atoms with Gasteiger partial charge in [-0.25, -0.2) is 0 Å². The average molecular weight is 318 g/mol. The molecule has 0 saturated heterocycles. The highest BCUT2D eigenvalue weighted by molar-refractivity contribution is 9.10. The zero-order chi connectivity index (χ0) is 13.8. The normalized spacial score (nSPS) is 11.4. The number of carbonyl (C=O) groups is 1. The third-order valence-electron chi connectivity index (χ3n) is 2.65. The Hall–Kier alpha value is -0.950. The minimum atomic E-state index is -1.42. The minimum Gasteiger partial charge on any atom is -0.394 e. The fourth-order valence-electron chi connectivity index (χ4n) is 1.39. The van der Waals surface area contributed by atoms with E-state index in [-0.39, 0.29) is 0 Å². The molecule has 6 heteroatoms. The Labute approximate surface area is 114 Å². The molecule has 18 heavy (non-hydrogen) atoms. The van der Waals surface area contributed by atoms with Gasteiger partial charge in [-0.2, -0.15) is 0 Å². The maximum atomic E-state index is 12.0. The second-order valence-electron chi connectivity index (χ2n) is 4.19. The Morgan fingerprint density at radius 1 is 1.28 bits per heavy atom. The molecule has 0 aliphatic rings. The van der Waals surface area contributed by atoms with Crippen LogP contribution < -0.4 is 5.32 Å². The van der Waals surface area contributed by atoms with Gasteiger partial charge in [0.25, 0.3) is 5.91 Å². The summed E-state index contributed by atoms with van der Waals surface area (Å²) in [6, 6.07) is 5.26. The van der Waals surface area contributed by atoms with Gasteiger partial charge < -0.3 is 20.6 Å². The molecule has 1 aromatic carbocycles. The van der Waals surface area contributed by atoms with Gasteiger partial charge in [0.1, 0.15) is 5.54 Å². The summed E-state index contributed by atoms with van der Waals surface area (Å²) in [5.74, 6) is -0.470. The van der Waals surface area contributed by atoms with E-state index < -0.39 is 31.3 Å². The van der Waals surface area contributed by atoms with E-state index in [0.717, 1.165) is 5.56 Å². The molecule has 0 aliphatic heterocycles. The molecule has 0 bridgehead atoms. The number of hydrogen-bond donors (Lipinski definition) is 4. The predicted molar refractivity (Wildman–Crippen MR) is 70.3 cm³/mol. The highest BCUT2D eigenvalue weighted by atomic mass is 79.9. The largest absolute Gasteiger partial charge is 0.394 e. The second-order valence-corrected chi connectivity index (χ2v) is 5.05. The van der Waals surface area contributed by atoms with Gasteiger partial charge in [-0.3, -0.25) is 4.79 Å². The van der Waals surface area contributed by atoms with Crippen molar-refractivity contribution in [1.29, 1.82) is 0 Å². The Kier molecular flexibility index (Phi) is 5.28. The fourth-order valence-corrected chi connectivity index (χ4v) is 1.82. The first-order chi connectivity index (χ1) is 8.48. The Balaban J connectivity index is 2.97. The number of benzene rings is 1. The number of hydrogen-bond acceptors (Lipinski definition) is 4. The van der Waals surface area contributed by atoms with Gasteiger partial charge >= 0.3 is 0 Å². The number of aliphatic hydroxyl groups excluding tert-OH is 3. The van der Waals surface area contributed by atoms with Crippen LogP contribution in [0.2, 0.25) is 0 Å². The van der Waals surface area contributed by atoms with Crippen molar-refractivity contribution in [2.45, 2.75) is 12.5 Å². The summed E-state index contributed by atoms with van der Waals surface area (Å²) in [4.78, 5) is 12.0. The van der Waals surface area contributed by atoms with Crippen LogP contribution in [0, 0.1) is 6.92 Å². The van der Waals surface area contributed by atoms with Crippen LogP contribution in [0.4, 0.5) is 0 Å². The van der Waals surface area contributed by atoms with Gasteiger partial charge in [-0.15, -0.1) is 0 Å². The van der Waals surface area contributed by atoms with E-state index in [0.29, 0.717) is 10.0 Å². The summed E-state index contributed by atoms with van der Waals surface area (Å²) in [6.45, 7) is 0.208. The van der Waals surface area contributed by atoms with Crippen LogP contribution in [0.5, 0.6) is 0 Å². The van der Waals surface area contributed by atoms with Crippen LogP contribution in [0.15, 0.2) is 22.7 Å². The number of nitrogens with one attached hydrogen (secondary N) is 1. The van der Waals surface area contributed by atoms with Gasteiger partial charge in [-0.1, -0.05) is 11.6 Å². The van der Waals surface area contributed by atoms with Gasteiger partial charge in [0.2, 0.25) is 0 Å². The SMILES string of the molecule is Cc1ccc(Br)c(C(=O)NC(CO)(CO)CO)c1. The molecule has 100 valence electrons. The molecule has 0 fully saturated rings. The molecule has 0 radical (unpaired) electrons. The van der Waals surface area contributed by atoms with Crippen molar-refractivity contribution in [3.63, 3.8) is 0 Å². The maximum absolute atomic E-state index is 12.0. The monoisotopic (exact) mass is 317 g/mol. The topological polar surface area (TPSA) is 89.8 Å². The Bertz CT molecular complexity index is 424. The average Bonchev–Trinajstić information content (AvgIpc) is 2.38. The number of carbonyl (C=O) groups excluding carboxylic acids is 1. The number of rotatable bonds is 5. The van der Waals surface area contributed by atoms with Crippen molar-refractivity contribution in [3.05, 3.63) is 33.8 Å². The summed E-state index contributed by atoms with van der Waals surface area (Å²) in [7, 11) is 0. The maximum Gasteiger partial charge on any atom is 0.253 e. The summed E-state index contributed by atoms with van der Waals surface area (Å²) in [5, 5.41) is 29.9. The van der Waals surface area contributed by atoms with Crippen molar-refractivity contribution >= 4 is 21.8 Å². The highest BCUT2D eigenvalue weighted by Crippen LogP contribution is 2.19. The zero-order valence-corrected chi connectivity index (χ0v) is 11.6. The first-order valence-electron chi connectivity index (χ1n) is 5.39. The molecule has 0 aromatic heterocycles. The van der Waals surface area contributed by atoms with Crippen molar-refractivity contribution < 1.29 is 20.1 Å². The third kappa shape index (κ3) is 3.29. The predicted octanol–water partition coefficient (Wildman–Crippen LogP) is 0.203. The number of aryl methyl sites for hydroxylation is 1. The summed E-state index contributed by atoms with van der Waals surface area (Å²) in [5.41, 5.74) is -0.124. The highest BCUT2D eigenvalue weighted by Gasteiger charge is 2.30. The molecular formula is C12H16BrNO4. The Morgan fingerprint density at radius 3 is 2.33 bits per heavy atom. The van der Waals surface area contributed by atoms with Crippen molar-refractivity contribution in [2.75, 3.05) is 19.8 Å². The summed E-state index contributed by atoms with van der Waals surface area (Å²) >= 11 is 3.26.